The summed E-state index contributed by atoms with van der Waals surface area (Å²) in [6.45, 7) is 15.7. The van der Waals surface area contributed by atoms with Gasteiger partial charge in [-0.25, -0.2) is 0 Å². The van der Waals surface area contributed by atoms with Gasteiger partial charge in [-0.3, -0.25) is 4.79 Å². The molecule has 5 aliphatic heterocycles. The van der Waals surface area contributed by atoms with Crippen LogP contribution in [0.2, 0.25) is 0 Å². The number of hydrogen-bond acceptors (Lipinski definition) is 25. The van der Waals surface area contributed by atoms with Crippen molar-refractivity contribution in [2.24, 2.45) is 50.2 Å². The first-order valence-electron chi connectivity index (χ1n) is 30.0. The van der Waals surface area contributed by atoms with Gasteiger partial charge in [0.25, 0.3) is 0 Å². The quantitative estimate of drug-likeness (QED) is 0.0576. The van der Waals surface area contributed by atoms with Crippen LogP contribution in [-0.4, -0.2) is 251 Å². The van der Waals surface area contributed by atoms with Crippen molar-refractivity contribution in [1.29, 1.82) is 0 Å². The first-order chi connectivity index (χ1) is 38.8. The van der Waals surface area contributed by atoms with Crippen molar-refractivity contribution in [3.05, 3.63) is 11.6 Å². The highest BCUT2D eigenvalue weighted by molar-refractivity contribution is 5.79. The second-order valence-electron chi connectivity index (χ2n) is 28.2. The minimum atomic E-state index is -1.88. The molecule has 0 bridgehead atoms. The summed E-state index contributed by atoms with van der Waals surface area (Å²) in [5.74, 6) is -0.347. The third-order valence-corrected chi connectivity index (χ3v) is 22.7. The largest absolute Gasteiger partial charge is 0.432 e. The van der Waals surface area contributed by atoms with Gasteiger partial charge in [-0.2, -0.15) is 0 Å². The van der Waals surface area contributed by atoms with Gasteiger partial charge in [0.05, 0.1) is 44.1 Å². The van der Waals surface area contributed by atoms with E-state index in [1.165, 1.54) is 12.5 Å². The van der Waals surface area contributed by atoms with E-state index in [-0.39, 0.29) is 46.0 Å². The zero-order valence-electron chi connectivity index (χ0n) is 48.8. The van der Waals surface area contributed by atoms with E-state index in [1.54, 1.807) is 0 Å². The van der Waals surface area contributed by atoms with Crippen molar-refractivity contribution in [1.82, 2.24) is 0 Å². The Kier molecular flexibility index (Phi) is 18.3. The normalized spacial score (nSPS) is 54.2. The first-order valence-corrected chi connectivity index (χ1v) is 30.0. The number of fused-ring (bicyclic) bond motifs is 7. The fraction of sp³-hybridized carbons (Fsp3) is 0.948. The molecule has 10 rings (SSSR count). The molecule has 9 fully saturated rings. The molecular formula is C58H94O25. The molecule has 5 saturated heterocycles. The minimum Gasteiger partial charge on any atom is -0.432 e. The Bertz CT molecular complexity index is 2310. The van der Waals surface area contributed by atoms with Crippen LogP contribution in [0.15, 0.2) is 11.6 Å². The number of allylic oxidation sites excluding steroid dienone is 2. The number of aliphatic hydroxyl groups excluding tert-OH is 14. The molecule has 0 amide bonds. The molecule has 0 aromatic heterocycles. The average Bonchev–Trinajstić information content (AvgIpc) is 0.764. The topological polar surface area (TPSA) is 393 Å². The summed E-state index contributed by atoms with van der Waals surface area (Å²) in [7, 11) is 0. The number of aliphatic hydroxyl groups is 14. The standard InChI is InChI=1S/C58H94O25/c1-24-45(81-51-44(72)39(67)46(29(20-59)78-51)82-48-41(69)35(63)28(61)22-75-48)38(66)43(71)49(77-24)83-52(73)58-17-15-53(2,3)19-26(58)25-9-10-32-55(6)13-12-33(54(4,5)31(55)11-14-57(32,8)56(25,7)16-18-58)80-50-42(70)37(65)36(64)30(79-50)23-76-47-40(68)34(62)27(60)21-74-47/h9,24,26-51,59-72H,10-23H2,1-8H3/t24?,26?,27?,28?,29?,30?,31?,32?,33-,34?,35?,36?,37?,38?,39?,40?,41?,42?,43?,44?,45?,46?,47?,48?,49?,50?,51?,55-,56+,57+,58-/m0/s1. The highest BCUT2D eigenvalue weighted by atomic mass is 16.8. The van der Waals surface area contributed by atoms with Crippen molar-refractivity contribution in [3.8, 4) is 0 Å². The number of ether oxygens (including phenoxy) is 10. The van der Waals surface area contributed by atoms with Gasteiger partial charge in [0.15, 0.2) is 25.2 Å². The van der Waals surface area contributed by atoms with Crippen LogP contribution in [0.1, 0.15) is 120 Å². The molecule has 83 heavy (non-hydrogen) atoms. The molecule has 4 saturated carbocycles. The van der Waals surface area contributed by atoms with Gasteiger partial charge in [0.1, 0.15) is 104 Å². The molecule has 0 aromatic rings. The van der Waals surface area contributed by atoms with E-state index in [2.05, 4.69) is 54.5 Å². The highest BCUT2D eigenvalue weighted by Gasteiger charge is 2.70. The Morgan fingerprint density at radius 3 is 1.81 bits per heavy atom. The van der Waals surface area contributed by atoms with Crippen molar-refractivity contribution >= 4 is 5.97 Å². The third-order valence-electron chi connectivity index (χ3n) is 22.7. The molecule has 0 radical (unpaired) electrons. The summed E-state index contributed by atoms with van der Waals surface area (Å²) >= 11 is 0. The summed E-state index contributed by atoms with van der Waals surface area (Å²) in [4.78, 5) is 15.2. The van der Waals surface area contributed by atoms with Crippen LogP contribution in [0.25, 0.3) is 0 Å². The maximum absolute atomic E-state index is 15.2. The minimum absolute atomic E-state index is 0.123. The van der Waals surface area contributed by atoms with Crippen molar-refractivity contribution in [2.75, 3.05) is 26.4 Å². The molecule has 0 aromatic carbocycles. The van der Waals surface area contributed by atoms with E-state index in [9.17, 15) is 71.5 Å². The lowest BCUT2D eigenvalue weighted by Gasteiger charge is -2.71. The molecule has 25 heteroatoms. The van der Waals surface area contributed by atoms with Crippen LogP contribution in [0.3, 0.4) is 0 Å². The molecule has 0 spiro atoms. The van der Waals surface area contributed by atoms with E-state index < -0.39 is 184 Å². The maximum atomic E-state index is 15.2. The predicted molar refractivity (Wildman–Crippen MR) is 282 cm³/mol. The number of esters is 1. The summed E-state index contributed by atoms with van der Waals surface area (Å²) < 4.78 is 58.9. The number of hydrogen-bond donors (Lipinski definition) is 14. The third kappa shape index (κ3) is 10.9. The summed E-state index contributed by atoms with van der Waals surface area (Å²) in [5, 5.41) is 150. The van der Waals surface area contributed by atoms with Crippen LogP contribution < -0.4 is 0 Å². The smallest absolute Gasteiger partial charge is 0.315 e. The average molecular weight is 1190 g/mol. The Hall–Kier alpha value is -1.71. The zero-order chi connectivity index (χ0) is 60.4. The molecule has 26 unspecified atom stereocenters. The monoisotopic (exact) mass is 1190 g/mol. The van der Waals surface area contributed by atoms with E-state index in [1.807, 2.05) is 0 Å². The molecular weight excluding hydrogens is 1100 g/mol. The van der Waals surface area contributed by atoms with E-state index in [0.717, 1.165) is 32.1 Å². The van der Waals surface area contributed by atoms with Gasteiger partial charge in [-0.15, -0.1) is 0 Å². The molecule has 5 aliphatic carbocycles. The van der Waals surface area contributed by atoms with Gasteiger partial charge < -0.3 is 119 Å². The Morgan fingerprint density at radius 2 is 1.13 bits per heavy atom. The van der Waals surface area contributed by atoms with Gasteiger partial charge in [-0.05, 0) is 116 Å². The van der Waals surface area contributed by atoms with Crippen LogP contribution in [0.5, 0.6) is 0 Å². The maximum Gasteiger partial charge on any atom is 0.315 e. The van der Waals surface area contributed by atoms with Gasteiger partial charge in [0.2, 0.25) is 6.29 Å². The van der Waals surface area contributed by atoms with Gasteiger partial charge >= 0.3 is 5.97 Å². The Labute approximate surface area is 483 Å². The fourth-order valence-corrected chi connectivity index (χ4v) is 17.3. The molecule has 25 nitrogen and oxygen atoms in total. The van der Waals surface area contributed by atoms with Crippen molar-refractivity contribution < 1.29 is 124 Å². The number of carbonyl (C=O) groups is 1. The molecule has 476 valence electrons. The number of rotatable bonds is 12. The van der Waals surface area contributed by atoms with E-state index >= 15 is 4.79 Å². The molecule has 5 heterocycles. The first kappa shape index (κ1) is 64.3. The molecule has 14 N–H and O–H groups in total. The van der Waals surface area contributed by atoms with Crippen LogP contribution in [0, 0.1) is 50.2 Å². The summed E-state index contributed by atoms with van der Waals surface area (Å²) in [6.07, 6.45) is -26.5. The van der Waals surface area contributed by atoms with Crippen molar-refractivity contribution in [3.63, 3.8) is 0 Å². The second-order valence-corrected chi connectivity index (χ2v) is 28.2. The fourth-order valence-electron chi connectivity index (χ4n) is 17.3. The van der Waals surface area contributed by atoms with Crippen LogP contribution in [-0.2, 0) is 52.2 Å². The van der Waals surface area contributed by atoms with Gasteiger partial charge in [0, 0.05) is 0 Å². The summed E-state index contributed by atoms with van der Waals surface area (Å²) in [5.41, 5.74) is -0.995. The SMILES string of the molecule is CC1OC(OC(=O)[C@]23CCC(C)(C)CC2C2=CCC4[C@@]5(C)CC[C@H](OC6OC(COC7OCC(O)C(O)C7O)C(O)C(O)C6O)C(C)(C)C5CC[C@@]4(C)[C@]2(C)CC3)C(O)C(O)C1OC1OC(CO)C(OC2OCC(O)C(O)C2O)C(O)C1O. The van der Waals surface area contributed by atoms with E-state index in [4.69, 9.17) is 47.4 Å². The Balaban J connectivity index is 0.806. The highest BCUT2D eigenvalue weighted by Crippen LogP contribution is 2.76. The lowest BCUT2D eigenvalue weighted by molar-refractivity contribution is -0.371. The van der Waals surface area contributed by atoms with Crippen LogP contribution in [0.4, 0.5) is 0 Å². The summed E-state index contributed by atoms with van der Waals surface area (Å²) in [6, 6.07) is 0. The molecule has 31 atom stereocenters. The lowest BCUT2D eigenvalue weighted by Crippen LogP contribution is -2.66. The van der Waals surface area contributed by atoms with Crippen LogP contribution >= 0.6 is 0 Å². The second kappa shape index (κ2) is 23.6. The zero-order valence-corrected chi connectivity index (χ0v) is 48.8. The van der Waals surface area contributed by atoms with E-state index in [0.29, 0.717) is 32.1 Å². The molecule has 10 aliphatic rings. The Morgan fingerprint density at radius 1 is 0.566 bits per heavy atom. The predicted octanol–water partition coefficient (Wildman–Crippen LogP) is -1.91. The van der Waals surface area contributed by atoms with Gasteiger partial charge in [-0.1, -0.05) is 60.1 Å². The number of carbonyl (C=O) groups excluding carboxylic acids is 1. The lowest BCUT2D eigenvalue weighted by atomic mass is 9.33. The van der Waals surface area contributed by atoms with Crippen molar-refractivity contribution in [2.45, 2.75) is 267 Å².